The molecule has 1 fully saturated rings. The molecule has 1 saturated heterocycles. The molecule has 0 bridgehead atoms. The van der Waals surface area contributed by atoms with Crippen LogP contribution in [0, 0.1) is 0 Å². The number of benzene rings is 1. The maximum absolute atomic E-state index is 5.77. The molecule has 5 heteroatoms. The van der Waals surface area contributed by atoms with Crippen LogP contribution in [-0.2, 0) is 4.74 Å². The van der Waals surface area contributed by atoms with E-state index in [9.17, 15) is 0 Å². The van der Waals surface area contributed by atoms with E-state index in [0.717, 1.165) is 28.6 Å². The minimum Gasteiger partial charge on any atom is -0.399 e. The number of nitrogens with zero attached hydrogens (tertiary/aromatic N) is 1. The predicted octanol–water partition coefficient (Wildman–Crippen LogP) is 3.15. The van der Waals surface area contributed by atoms with Gasteiger partial charge in [-0.05, 0) is 31.5 Å². The zero-order valence-electron chi connectivity index (χ0n) is 9.55. The SMILES string of the molecule is CC1OCCC1Sc1nc2ccc(N)cc2s1. The lowest BCUT2D eigenvalue weighted by Crippen LogP contribution is -2.12. The van der Waals surface area contributed by atoms with Crippen molar-refractivity contribution in [3.63, 3.8) is 0 Å². The van der Waals surface area contributed by atoms with E-state index in [1.54, 1.807) is 11.3 Å². The lowest BCUT2D eigenvalue weighted by molar-refractivity contribution is 0.127. The van der Waals surface area contributed by atoms with E-state index in [-0.39, 0.29) is 0 Å². The molecule has 90 valence electrons. The Morgan fingerprint density at radius 3 is 3.18 bits per heavy atom. The first-order chi connectivity index (χ1) is 8.22. The van der Waals surface area contributed by atoms with Crippen molar-refractivity contribution in [2.75, 3.05) is 12.3 Å². The Morgan fingerprint density at radius 2 is 2.41 bits per heavy atom. The van der Waals surface area contributed by atoms with Gasteiger partial charge in [0, 0.05) is 17.5 Å². The van der Waals surface area contributed by atoms with Crippen LogP contribution in [0.3, 0.4) is 0 Å². The number of thiazole rings is 1. The van der Waals surface area contributed by atoms with Gasteiger partial charge in [-0.1, -0.05) is 11.8 Å². The molecule has 2 aromatic rings. The van der Waals surface area contributed by atoms with E-state index < -0.39 is 0 Å². The Labute approximate surface area is 108 Å². The van der Waals surface area contributed by atoms with Gasteiger partial charge in [-0.2, -0.15) is 0 Å². The first-order valence-electron chi connectivity index (χ1n) is 5.67. The summed E-state index contributed by atoms with van der Waals surface area (Å²) >= 11 is 3.55. The topological polar surface area (TPSA) is 48.1 Å². The van der Waals surface area contributed by atoms with Crippen molar-refractivity contribution in [1.29, 1.82) is 0 Å². The second kappa shape index (κ2) is 4.48. The molecule has 0 saturated carbocycles. The standard InChI is InChI=1S/C12H14N2OS2/c1-7-10(4-5-15-7)16-12-14-9-3-2-8(13)6-11(9)17-12/h2-3,6-7,10H,4-5,13H2,1H3. The van der Waals surface area contributed by atoms with Crippen molar-refractivity contribution in [1.82, 2.24) is 4.98 Å². The maximum Gasteiger partial charge on any atom is 0.151 e. The third-order valence-corrected chi connectivity index (χ3v) is 5.52. The third-order valence-electron chi connectivity index (χ3n) is 2.95. The number of anilines is 1. The molecule has 0 spiro atoms. The summed E-state index contributed by atoms with van der Waals surface area (Å²) in [7, 11) is 0. The summed E-state index contributed by atoms with van der Waals surface area (Å²) < 4.78 is 7.85. The zero-order chi connectivity index (χ0) is 11.8. The molecule has 2 N–H and O–H groups in total. The normalized spacial score (nSPS) is 24.5. The fourth-order valence-corrected chi connectivity index (χ4v) is 4.44. The molecule has 3 rings (SSSR count). The predicted molar refractivity (Wildman–Crippen MR) is 73.7 cm³/mol. The zero-order valence-corrected chi connectivity index (χ0v) is 11.2. The minimum atomic E-state index is 0.331. The number of fused-ring (bicyclic) bond motifs is 1. The number of nitrogens with two attached hydrogens (primary N) is 1. The first-order valence-corrected chi connectivity index (χ1v) is 7.36. The summed E-state index contributed by atoms with van der Waals surface area (Å²) in [6.45, 7) is 3.01. The second-order valence-corrected chi connectivity index (χ2v) is 6.74. The average molecular weight is 266 g/mol. The fraction of sp³-hybridized carbons (Fsp3) is 0.417. The molecule has 1 aliphatic rings. The van der Waals surface area contributed by atoms with Gasteiger partial charge < -0.3 is 10.5 Å². The van der Waals surface area contributed by atoms with Crippen LogP contribution in [0.4, 0.5) is 5.69 Å². The van der Waals surface area contributed by atoms with Gasteiger partial charge in [-0.15, -0.1) is 11.3 Å². The third kappa shape index (κ3) is 2.27. The Morgan fingerprint density at radius 1 is 1.53 bits per heavy atom. The molecular weight excluding hydrogens is 252 g/mol. The Kier molecular flexibility index (Phi) is 2.98. The van der Waals surface area contributed by atoms with Gasteiger partial charge in [0.05, 0.1) is 16.3 Å². The van der Waals surface area contributed by atoms with Crippen LogP contribution < -0.4 is 5.73 Å². The number of nitrogen functional groups attached to an aromatic ring is 1. The van der Waals surface area contributed by atoms with Crippen LogP contribution in [-0.4, -0.2) is 22.9 Å². The fourth-order valence-electron chi connectivity index (χ4n) is 1.97. The molecule has 2 atom stereocenters. The number of ether oxygens (including phenoxy) is 1. The van der Waals surface area contributed by atoms with Gasteiger partial charge in [0.1, 0.15) is 0 Å². The van der Waals surface area contributed by atoms with Crippen molar-refractivity contribution >= 4 is 39.0 Å². The lowest BCUT2D eigenvalue weighted by Gasteiger charge is -2.10. The molecule has 2 unspecified atom stereocenters. The second-order valence-electron chi connectivity index (χ2n) is 4.23. The van der Waals surface area contributed by atoms with Crippen LogP contribution in [0.25, 0.3) is 10.2 Å². The molecule has 1 aliphatic heterocycles. The van der Waals surface area contributed by atoms with E-state index in [0.29, 0.717) is 11.4 Å². The van der Waals surface area contributed by atoms with Gasteiger partial charge >= 0.3 is 0 Å². The van der Waals surface area contributed by atoms with Crippen molar-refractivity contribution < 1.29 is 4.74 Å². The van der Waals surface area contributed by atoms with Crippen LogP contribution >= 0.6 is 23.1 Å². The van der Waals surface area contributed by atoms with Gasteiger partial charge in [0.25, 0.3) is 0 Å². The largest absolute Gasteiger partial charge is 0.399 e. The monoisotopic (exact) mass is 266 g/mol. The highest BCUT2D eigenvalue weighted by Gasteiger charge is 2.26. The summed E-state index contributed by atoms with van der Waals surface area (Å²) in [5.41, 5.74) is 7.61. The number of rotatable bonds is 2. The van der Waals surface area contributed by atoms with Crippen molar-refractivity contribution in [2.45, 2.75) is 29.0 Å². The Hall–Kier alpha value is -0.780. The summed E-state index contributed by atoms with van der Waals surface area (Å²) in [5.74, 6) is 0. The molecule has 3 nitrogen and oxygen atoms in total. The van der Waals surface area contributed by atoms with Crippen molar-refractivity contribution in [3.05, 3.63) is 18.2 Å². The van der Waals surface area contributed by atoms with E-state index >= 15 is 0 Å². The van der Waals surface area contributed by atoms with Crippen LogP contribution in [0.15, 0.2) is 22.5 Å². The molecule has 0 aliphatic carbocycles. The summed E-state index contributed by atoms with van der Waals surface area (Å²) in [5, 5.41) is 0.535. The van der Waals surface area contributed by atoms with Crippen molar-refractivity contribution in [3.8, 4) is 0 Å². The summed E-state index contributed by atoms with van der Waals surface area (Å²) in [6.07, 6.45) is 1.45. The molecule has 0 amide bonds. The van der Waals surface area contributed by atoms with E-state index in [4.69, 9.17) is 10.5 Å². The molecular formula is C12H14N2OS2. The quantitative estimate of drug-likeness (QED) is 0.848. The average Bonchev–Trinajstić information content (AvgIpc) is 2.85. The van der Waals surface area contributed by atoms with Crippen LogP contribution in [0.2, 0.25) is 0 Å². The number of thioether (sulfide) groups is 1. The molecule has 1 aromatic carbocycles. The molecule has 17 heavy (non-hydrogen) atoms. The highest BCUT2D eigenvalue weighted by Crippen LogP contribution is 2.37. The van der Waals surface area contributed by atoms with Crippen LogP contribution in [0.1, 0.15) is 13.3 Å². The summed E-state index contributed by atoms with van der Waals surface area (Å²) in [4.78, 5) is 4.62. The first kappa shape index (κ1) is 11.3. The molecule has 2 heterocycles. The van der Waals surface area contributed by atoms with Gasteiger partial charge in [0.15, 0.2) is 4.34 Å². The van der Waals surface area contributed by atoms with Gasteiger partial charge in [-0.25, -0.2) is 4.98 Å². The number of aromatic nitrogens is 1. The van der Waals surface area contributed by atoms with Gasteiger partial charge in [0.2, 0.25) is 0 Å². The van der Waals surface area contributed by atoms with Crippen LogP contribution in [0.5, 0.6) is 0 Å². The number of hydrogen-bond donors (Lipinski definition) is 1. The van der Waals surface area contributed by atoms with Crippen molar-refractivity contribution in [2.24, 2.45) is 0 Å². The highest BCUT2D eigenvalue weighted by atomic mass is 32.2. The Balaban J connectivity index is 1.85. The molecule has 0 radical (unpaired) electrons. The minimum absolute atomic E-state index is 0.331. The smallest absolute Gasteiger partial charge is 0.151 e. The highest BCUT2D eigenvalue weighted by molar-refractivity contribution is 8.01. The summed E-state index contributed by atoms with van der Waals surface area (Å²) in [6, 6.07) is 5.88. The van der Waals surface area contributed by atoms with E-state index in [2.05, 4.69) is 11.9 Å². The Bertz CT molecular complexity index is 540. The van der Waals surface area contributed by atoms with Gasteiger partial charge in [-0.3, -0.25) is 0 Å². The lowest BCUT2D eigenvalue weighted by atomic mass is 10.3. The molecule has 1 aromatic heterocycles. The van der Waals surface area contributed by atoms with E-state index in [1.807, 2.05) is 30.0 Å². The number of hydrogen-bond acceptors (Lipinski definition) is 5. The maximum atomic E-state index is 5.77. The van der Waals surface area contributed by atoms with E-state index in [1.165, 1.54) is 4.70 Å².